The van der Waals surface area contributed by atoms with E-state index in [1.807, 2.05) is 24.3 Å². The van der Waals surface area contributed by atoms with Gasteiger partial charge in [0.2, 0.25) is 5.91 Å². The zero-order valence-electron chi connectivity index (χ0n) is 10.8. The second-order valence-electron chi connectivity index (χ2n) is 5.06. The fraction of sp³-hybridized carbons (Fsp3) is 0.385. The maximum atomic E-state index is 12.0. The van der Waals surface area contributed by atoms with E-state index in [-0.39, 0.29) is 29.9 Å². The van der Waals surface area contributed by atoms with E-state index in [0.29, 0.717) is 6.42 Å². The Morgan fingerprint density at radius 2 is 2.20 bits per heavy atom. The molecule has 1 atom stereocenters. The Morgan fingerprint density at radius 3 is 2.95 bits per heavy atom. The van der Waals surface area contributed by atoms with Crippen LogP contribution in [0.1, 0.15) is 12.1 Å². The standard InChI is InChI=1S/C13H15N3O3S/c17-13(14-9-5-6-20(18,19)8-9)7-12-10-3-1-2-4-11(10)15-16-12/h1-4,9H,5-8H2,(H,14,17)(H,15,16)/t9-/m0/s1. The van der Waals surface area contributed by atoms with Gasteiger partial charge in [-0.05, 0) is 12.5 Å². The summed E-state index contributed by atoms with van der Waals surface area (Å²) in [5, 5.41) is 10.7. The highest BCUT2D eigenvalue weighted by molar-refractivity contribution is 7.91. The molecular weight excluding hydrogens is 278 g/mol. The highest BCUT2D eigenvalue weighted by atomic mass is 32.2. The number of amides is 1. The van der Waals surface area contributed by atoms with Crippen molar-refractivity contribution in [3.05, 3.63) is 30.0 Å². The van der Waals surface area contributed by atoms with E-state index in [4.69, 9.17) is 0 Å². The van der Waals surface area contributed by atoms with Crippen LogP contribution in [0.3, 0.4) is 0 Å². The second-order valence-corrected chi connectivity index (χ2v) is 7.29. The summed E-state index contributed by atoms with van der Waals surface area (Å²) in [6.45, 7) is 0. The van der Waals surface area contributed by atoms with E-state index in [9.17, 15) is 13.2 Å². The maximum absolute atomic E-state index is 12.0. The number of rotatable bonds is 3. The molecule has 0 radical (unpaired) electrons. The van der Waals surface area contributed by atoms with Crippen molar-refractivity contribution < 1.29 is 13.2 Å². The predicted molar refractivity (Wildman–Crippen MR) is 75.0 cm³/mol. The van der Waals surface area contributed by atoms with E-state index < -0.39 is 9.84 Å². The van der Waals surface area contributed by atoms with E-state index in [1.165, 1.54) is 0 Å². The smallest absolute Gasteiger partial charge is 0.226 e. The normalized spacial score (nSPS) is 21.1. The summed E-state index contributed by atoms with van der Waals surface area (Å²) < 4.78 is 22.7. The van der Waals surface area contributed by atoms with Crippen LogP contribution < -0.4 is 5.32 Å². The van der Waals surface area contributed by atoms with Crippen LogP contribution in [-0.2, 0) is 21.1 Å². The van der Waals surface area contributed by atoms with Gasteiger partial charge < -0.3 is 5.32 Å². The Balaban J connectivity index is 1.67. The number of carbonyl (C=O) groups is 1. The number of aromatic nitrogens is 2. The SMILES string of the molecule is O=C(Cc1[nH]nc2ccccc12)N[C@H]1CCS(=O)(=O)C1. The molecule has 3 rings (SSSR count). The summed E-state index contributed by atoms with van der Waals surface area (Å²) >= 11 is 0. The Hall–Kier alpha value is -1.89. The molecule has 7 heteroatoms. The Labute approximate surface area is 116 Å². The molecule has 20 heavy (non-hydrogen) atoms. The lowest BCUT2D eigenvalue weighted by Crippen LogP contribution is -2.36. The third-order valence-corrected chi connectivity index (χ3v) is 5.24. The molecule has 1 aromatic heterocycles. The van der Waals surface area contributed by atoms with Gasteiger partial charge in [-0.3, -0.25) is 9.89 Å². The van der Waals surface area contributed by atoms with Crippen LogP contribution in [0.25, 0.3) is 10.9 Å². The molecule has 0 unspecified atom stereocenters. The molecule has 1 aliphatic heterocycles. The lowest BCUT2D eigenvalue weighted by Gasteiger charge is -2.10. The van der Waals surface area contributed by atoms with Crippen molar-refractivity contribution in [1.82, 2.24) is 15.5 Å². The van der Waals surface area contributed by atoms with Crippen LogP contribution in [0.2, 0.25) is 0 Å². The third kappa shape index (κ3) is 2.67. The third-order valence-electron chi connectivity index (χ3n) is 3.48. The summed E-state index contributed by atoms with van der Waals surface area (Å²) in [6.07, 6.45) is 0.675. The second kappa shape index (κ2) is 4.90. The van der Waals surface area contributed by atoms with E-state index in [2.05, 4.69) is 15.5 Å². The van der Waals surface area contributed by atoms with Crippen LogP contribution in [0.15, 0.2) is 24.3 Å². The molecule has 1 fully saturated rings. The van der Waals surface area contributed by atoms with Crippen LogP contribution in [-0.4, -0.2) is 42.1 Å². The number of nitrogens with one attached hydrogen (secondary N) is 2. The number of sulfone groups is 1. The van der Waals surface area contributed by atoms with Gasteiger partial charge in [0, 0.05) is 11.4 Å². The van der Waals surface area contributed by atoms with Crippen molar-refractivity contribution in [2.45, 2.75) is 18.9 Å². The summed E-state index contributed by atoms with van der Waals surface area (Å²) in [6, 6.07) is 7.29. The molecule has 106 valence electrons. The van der Waals surface area contributed by atoms with Crippen molar-refractivity contribution in [3.63, 3.8) is 0 Å². The molecule has 2 heterocycles. The van der Waals surface area contributed by atoms with Crippen LogP contribution in [0.4, 0.5) is 0 Å². The first-order chi connectivity index (χ1) is 9.53. The highest BCUT2D eigenvalue weighted by Crippen LogP contribution is 2.16. The summed E-state index contributed by atoms with van der Waals surface area (Å²) in [4.78, 5) is 12.0. The van der Waals surface area contributed by atoms with Gasteiger partial charge in [0.25, 0.3) is 0 Å². The Morgan fingerprint density at radius 1 is 1.40 bits per heavy atom. The quantitative estimate of drug-likeness (QED) is 0.857. The van der Waals surface area contributed by atoms with Gasteiger partial charge in [-0.1, -0.05) is 18.2 Å². The lowest BCUT2D eigenvalue weighted by molar-refractivity contribution is -0.121. The van der Waals surface area contributed by atoms with Crippen molar-refractivity contribution in [2.24, 2.45) is 0 Å². The summed E-state index contributed by atoms with van der Waals surface area (Å²) in [5.41, 5.74) is 1.57. The first kappa shape index (κ1) is 13.1. The number of nitrogens with zero attached hydrogens (tertiary/aromatic N) is 1. The van der Waals surface area contributed by atoms with Gasteiger partial charge in [0.15, 0.2) is 9.84 Å². The van der Waals surface area contributed by atoms with E-state index in [0.717, 1.165) is 16.6 Å². The fourth-order valence-corrected chi connectivity index (χ4v) is 4.17. The molecule has 6 nitrogen and oxygen atoms in total. The lowest BCUT2D eigenvalue weighted by atomic mass is 10.1. The minimum Gasteiger partial charge on any atom is -0.352 e. The first-order valence-corrected chi connectivity index (χ1v) is 8.27. The number of benzene rings is 1. The monoisotopic (exact) mass is 293 g/mol. The maximum Gasteiger partial charge on any atom is 0.226 e. The number of H-pyrrole nitrogens is 1. The zero-order valence-corrected chi connectivity index (χ0v) is 11.6. The molecule has 1 aromatic carbocycles. The van der Waals surface area contributed by atoms with Crippen molar-refractivity contribution in [3.8, 4) is 0 Å². The molecule has 0 bridgehead atoms. The van der Waals surface area contributed by atoms with Gasteiger partial charge in [0.05, 0.1) is 29.1 Å². The van der Waals surface area contributed by atoms with E-state index >= 15 is 0 Å². The largest absolute Gasteiger partial charge is 0.352 e. The van der Waals surface area contributed by atoms with Crippen molar-refractivity contribution in [2.75, 3.05) is 11.5 Å². The molecular formula is C13H15N3O3S. The van der Waals surface area contributed by atoms with Gasteiger partial charge in [-0.25, -0.2) is 8.42 Å². The topological polar surface area (TPSA) is 91.9 Å². The Kier molecular flexibility index (Phi) is 3.21. The average Bonchev–Trinajstić information content (AvgIpc) is 2.94. The Bertz CT molecular complexity index is 751. The van der Waals surface area contributed by atoms with Crippen molar-refractivity contribution in [1.29, 1.82) is 0 Å². The first-order valence-electron chi connectivity index (χ1n) is 6.45. The number of fused-ring (bicyclic) bond motifs is 1. The number of hydrogen-bond acceptors (Lipinski definition) is 4. The summed E-state index contributed by atoms with van der Waals surface area (Å²) in [7, 11) is -2.97. The minimum atomic E-state index is -2.97. The van der Waals surface area contributed by atoms with Crippen LogP contribution in [0.5, 0.6) is 0 Å². The average molecular weight is 293 g/mol. The molecule has 1 aliphatic rings. The number of aromatic amines is 1. The van der Waals surface area contributed by atoms with Crippen molar-refractivity contribution >= 4 is 26.6 Å². The number of carbonyl (C=O) groups excluding carboxylic acids is 1. The fourth-order valence-electron chi connectivity index (χ4n) is 2.50. The van der Waals surface area contributed by atoms with E-state index in [1.54, 1.807) is 0 Å². The number of hydrogen-bond donors (Lipinski definition) is 2. The summed E-state index contributed by atoms with van der Waals surface area (Å²) in [5.74, 6) is 0.0226. The van der Waals surface area contributed by atoms with Crippen LogP contribution >= 0.6 is 0 Å². The number of para-hydroxylation sites is 1. The molecule has 2 aromatic rings. The van der Waals surface area contributed by atoms with Gasteiger partial charge >= 0.3 is 0 Å². The van der Waals surface area contributed by atoms with Gasteiger partial charge in [-0.2, -0.15) is 5.10 Å². The minimum absolute atomic E-state index is 0.0441. The molecule has 0 aliphatic carbocycles. The molecule has 0 spiro atoms. The highest BCUT2D eigenvalue weighted by Gasteiger charge is 2.28. The molecule has 0 saturated carbocycles. The molecule has 1 amide bonds. The van der Waals surface area contributed by atoms with Crippen LogP contribution in [0, 0.1) is 0 Å². The van der Waals surface area contributed by atoms with Gasteiger partial charge in [0.1, 0.15) is 0 Å². The van der Waals surface area contributed by atoms with Gasteiger partial charge in [-0.15, -0.1) is 0 Å². The molecule has 1 saturated heterocycles. The molecule has 2 N–H and O–H groups in total. The zero-order chi connectivity index (χ0) is 14.2. The predicted octanol–water partition coefficient (Wildman–Crippen LogP) is 0.409.